The Morgan fingerprint density at radius 1 is 1.50 bits per heavy atom. The highest BCUT2D eigenvalue weighted by Crippen LogP contribution is 2.12. The molecular formula is C12H15ClN2O3. The number of pyridine rings is 1. The van der Waals surface area contributed by atoms with Gasteiger partial charge < -0.3 is 10.4 Å². The molecule has 0 radical (unpaired) electrons. The number of carboxylic acid groups (broad SMARTS) is 1. The third-order valence-corrected chi connectivity index (χ3v) is 2.78. The second kappa shape index (κ2) is 6.35. The lowest BCUT2D eigenvalue weighted by molar-refractivity contribution is -0.143. The molecule has 0 saturated heterocycles. The topological polar surface area (TPSA) is 79.3 Å². The zero-order valence-corrected chi connectivity index (χ0v) is 10.9. The van der Waals surface area contributed by atoms with Crippen LogP contribution < -0.4 is 5.32 Å². The number of nitrogens with zero attached hydrogens (tertiary/aromatic N) is 1. The van der Waals surface area contributed by atoms with E-state index in [1.165, 1.54) is 6.20 Å². The Labute approximate surface area is 110 Å². The molecule has 1 rings (SSSR count). The van der Waals surface area contributed by atoms with Crippen LogP contribution in [-0.2, 0) is 16.0 Å². The minimum absolute atomic E-state index is 0.0170. The van der Waals surface area contributed by atoms with Crippen molar-refractivity contribution in [2.24, 2.45) is 5.92 Å². The SMILES string of the molecule is CC(C)C(NC(=O)Cc1cccnc1Cl)C(=O)O. The van der Waals surface area contributed by atoms with Crippen molar-refractivity contribution >= 4 is 23.5 Å². The quantitative estimate of drug-likeness (QED) is 0.795. The highest BCUT2D eigenvalue weighted by molar-refractivity contribution is 6.30. The summed E-state index contributed by atoms with van der Waals surface area (Å²) in [4.78, 5) is 26.5. The van der Waals surface area contributed by atoms with Crippen LogP contribution in [0, 0.1) is 5.92 Å². The van der Waals surface area contributed by atoms with E-state index >= 15 is 0 Å². The monoisotopic (exact) mass is 270 g/mol. The van der Waals surface area contributed by atoms with Crippen molar-refractivity contribution in [1.82, 2.24) is 10.3 Å². The zero-order chi connectivity index (χ0) is 13.7. The maximum absolute atomic E-state index is 11.7. The van der Waals surface area contributed by atoms with Crippen molar-refractivity contribution in [3.8, 4) is 0 Å². The highest BCUT2D eigenvalue weighted by Gasteiger charge is 2.23. The van der Waals surface area contributed by atoms with Crippen molar-refractivity contribution in [1.29, 1.82) is 0 Å². The first-order valence-corrected chi connectivity index (χ1v) is 5.91. The molecular weight excluding hydrogens is 256 g/mol. The first kappa shape index (κ1) is 14.4. The molecule has 0 aliphatic rings. The molecule has 1 atom stereocenters. The lowest BCUT2D eigenvalue weighted by Gasteiger charge is -2.17. The molecule has 0 aliphatic heterocycles. The molecule has 1 amide bonds. The molecule has 1 aromatic rings. The fourth-order valence-corrected chi connectivity index (χ4v) is 1.65. The molecule has 0 fully saturated rings. The van der Waals surface area contributed by atoms with Gasteiger partial charge in [-0.25, -0.2) is 9.78 Å². The smallest absolute Gasteiger partial charge is 0.326 e. The first-order chi connectivity index (χ1) is 8.41. The summed E-state index contributed by atoms with van der Waals surface area (Å²) in [6.45, 7) is 3.46. The number of aromatic nitrogens is 1. The molecule has 2 N–H and O–H groups in total. The van der Waals surface area contributed by atoms with E-state index in [1.807, 2.05) is 0 Å². The van der Waals surface area contributed by atoms with Gasteiger partial charge in [0.15, 0.2) is 0 Å². The number of hydrogen-bond donors (Lipinski definition) is 2. The predicted molar refractivity (Wildman–Crippen MR) is 67.4 cm³/mol. The Balaban J connectivity index is 2.67. The van der Waals surface area contributed by atoms with Gasteiger partial charge in [-0.05, 0) is 17.5 Å². The van der Waals surface area contributed by atoms with Crippen molar-refractivity contribution in [3.63, 3.8) is 0 Å². The lowest BCUT2D eigenvalue weighted by atomic mass is 10.0. The lowest BCUT2D eigenvalue weighted by Crippen LogP contribution is -2.44. The minimum atomic E-state index is -1.05. The molecule has 1 unspecified atom stereocenters. The van der Waals surface area contributed by atoms with Crippen molar-refractivity contribution in [3.05, 3.63) is 29.0 Å². The van der Waals surface area contributed by atoms with Gasteiger partial charge in [0, 0.05) is 6.20 Å². The molecule has 1 aromatic heterocycles. The van der Waals surface area contributed by atoms with Gasteiger partial charge in [-0.15, -0.1) is 0 Å². The third kappa shape index (κ3) is 4.00. The number of carbonyl (C=O) groups excluding carboxylic acids is 1. The molecule has 1 heterocycles. The Bertz CT molecular complexity index is 449. The van der Waals surface area contributed by atoms with Crippen LogP contribution in [0.1, 0.15) is 19.4 Å². The van der Waals surface area contributed by atoms with Gasteiger partial charge in [0.25, 0.3) is 0 Å². The predicted octanol–water partition coefficient (Wildman–Crippen LogP) is 1.50. The van der Waals surface area contributed by atoms with Crippen LogP contribution in [0.25, 0.3) is 0 Å². The molecule has 0 bridgehead atoms. The van der Waals surface area contributed by atoms with Gasteiger partial charge >= 0.3 is 5.97 Å². The van der Waals surface area contributed by atoms with Crippen LogP contribution in [0.2, 0.25) is 5.15 Å². The van der Waals surface area contributed by atoms with E-state index in [1.54, 1.807) is 26.0 Å². The molecule has 18 heavy (non-hydrogen) atoms. The van der Waals surface area contributed by atoms with Gasteiger partial charge in [-0.2, -0.15) is 0 Å². The number of amides is 1. The Morgan fingerprint density at radius 2 is 2.17 bits per heavy atom. The van der Waals surface area contributed by atoms with E-state index in [-0.39, 0.29) is 23.4 Å². The summed E-state index contributed by atoms with van der Waals surface area (Å²) >= 11 is 5.82. The van der Waals surface area contributed by atoms with E-state index in [4.69, 9.17) is 16.7 Å². The number of aliphatic carboxylic acids is 1. The van der Waals surface area contributed by atoms with Crippen LogP contribution in [0.3, 0.4) is 0 Å². The molecule has 0 aliphatic carbocycles. The summed E-state index contributed by atoms with van der Waals surface area (Å²) < 4.78 is 0. The number of nitrogens with one attached hydrogen (secondary N) is 1. The largest absolute Gasteiger partial charge is 0.480 e. The Hall–Kier alpha value is -1.62. The average Bonchev–Trinajstić information content (AvgIpc) is 2.28. The second-order valence-electron chi connectivity index (χ2n) is 4.26. The fraction of sp³-hybridized carbons (Fsp3) is 0.417. The van der Waals surface area contributed by atoms with E-state index < -0.39 is 12.0 Å². The molecule has 0 saturated carbocycles. The third-order valence-electron chi connectivity index (χ3n) is 2.44. The molecule has 0 aromatic carbocycles. The summed E-state index contributed by atoms with van der Waals surface area (Å²) in [7, 11) is 0. The van der Waals surface area contributed by atoms with Gasteiger partial charge in [0.1, 0.15) is 11.2 Å². The van der Waals surface area contributed by atoms with Gasteiger partial charge in [-0.3, -0.25) is 4.79 Å². The maximum atomic E-state index is 11.7. The van der Waals surface area contributed by atoms with Crippen LogP contribution >= 0.6 is 11.6 Å². The number of rotatable bonds is 5. The van der Waals surface area contributed by atoms with E-state index in [0.717, 1.165) is 0 Å². The second-order valence-corrected chi connectivity index (χ2v) is 4.62. The summed E-state index contributed by atoms with van der Waals surface area (Å²) in [6.07, 6.45) is 1.54. The molecule has 6 heteroatoms. The average molecular weight is 271 g/mol. The van der Waals surface area contributed by atoms with Crippen LogP contribution in [0.4, 0.5) is 0 Å². The zero-order valence-electron chi connectivity index (χ0n) is 10.2. The van der Waals surface area contributed by atoms with Crippen molar-refractivity contribution in [2.45, 2.75) is 26.3 Å². The normalized spacial score (nSPS) is 12.2. The number of halogens is 1. The minimum Gasteiger partial charge on any atom is -0.480 e. The summed E-state index contributed by atoms with van der Waals surface area (Å²) in [5.74, 6) is -1.61. The van der Waals surface area contributed by atoms with Crippen LogP contribution in [0.15, 0.2) is 18.3 Å². The molecule has 0 spiro atoms. The Morgan fingerprint density at radius 3 is 2.67 bits per heavy atom. The van der Waals surface area contributed by atoms with Crippen molar-refractivity contribution < 1.29 is 14.7 Å². The number of carbonyl (C=O) groups is 2. The van der Waals surface area contributed by atoms with Crippen molar-refractivity contribution in [2.75, 3.05) is 0 Å². The molecule has 5 nitrogen and oxygen atoms in total. The summed E-state index contributed by atoms with van der Waals surface area (Å²) in [5.41, 5.74) is 0.574. The van der Waals surface area contributed by atoms with Gasteiger partial charge in [-0.1, -0.05) is 31.5 Å². The molecule has 98 valence electrons. The first-order valence-electron chi connectivity index (χ1n) is 5.53. The van der Waals surface area contributed by atoms with Gasteiger partial charge in [0.05, 0.1) is 6.42 Å². The number of hydrogen-bond acceptors (Lipinski definition) is 3. The Kier molecular flexibility index (Phi) is 5.09. The maximum Gasteiger partial charge on any atom is 0.326 e. The summed E-state index contributed by atoms with van der Waals surface area (Å²) in [5, 5.41) is 11.7. The summed E-state index contributed by atoms with van der Waals surface area (Å²) in [6, 6.07) is 2.46. The van der Waals surface area contributed by atoms with Crippen LogP contribution in [0.5, 0.6) is 0 Å². The van der Waals surface area contributed by atoms with E-state index in [0.29, 0.717) is 5.56 Å². The highest BCUT2D eigenvalue weighted by atomic mass is 35.5. The van der Waals surface area contributed by atoms with Crippen LogP contribution in [-0.4, -0.2) is 28.0 Å². The standard InChI is InChI=1S/C12H15ClN2O3/c1-7(2)10(12(17)18)15-9(16)6-8-4-3-5-14-11(8)13/h3-5,7,10H,6H2,1-2H3,(H,15,16)(H,17,18). The van der Waals surface area contributed by atoms with Gasteiger partial charge in [0.2, 0.25) is 5.91 Å². The van der Waals surface area contributed by atoms with E-state index in [9.17, 15) is 9.59 Å². The van der Waals surface area contributed by atoms with E-state index in [2.05, 4.69) is 10.3 Å². The fourth-order valence-electron chi connectivity index (χ4n) is 1.46. The number of carboxylic acids is 1.